The van der Waals surface area contributed by atoms with Gasteiger partial charge in [-0.25, -0.2) is 4.98 Å². The van der Waals surface area contributed by atoms with Crippen molar-refractivity contribution in [3.63, 3.8) is 0 Å². The summed E-state index contributed by atoms with van der Waals surface area (Å²) in [7, 11) is 0. The van der Waals surface area contributed by atoms with E-state index in [1.165, 1.54) is 6.20 Å². The number of nitrogens with zero attached hydrogens (tertiary/aromatic N) is 2. The van der Waals surface area contributed by atoms with Crippen LogP contribution in [0.25, 0.3) is 0 Å². The second-order valence-electron chi connectivity index (χ2n) is 4.08. The van der Waals surface area contributed by atoms with Crippen LogP contribution in [0.5, 0.6) is 0 Å². The van der Waals surface area contributed by atoms with Gasteiger partial charge in [-0.05, 0) is 5.92 Å². The van der Waals surface area contributed by atoms with Gasteiger partial charge in [0, 0.05) is 19.5 Å². The molecule has 0 saturated carbocycles. The second kappa shape index (κ2) is 6.05. The summed E-state index contributed by atoms with van der Waals surface area (Å²) in [6.45, 7) is 5.25. The van der Waals surface area contributed by atoms with Gasteiger partial charge in [-0.1, -0.05) is 13.8 Å². The molecule has 1 aromatic rings. The van der Waals surface area contributed by atoms with Crippen LogP contribution in [0.15, 0.2) is 12.5 Å². The van der Waals surface area contributed by atoms with Crippen molar-refractivity contribution in [2.45, 2.75) is 26.8 Å². The molecule has 16 heavy (non-hydrogen) atoms. The fourth-order valence-corrected chi connectivity index (χ4v) is 1.24. The summed E-state index contributed by atoms with van der Waals surface area (Å²) in [5, 5.41) is 2.82. The van der Waals surface area contributed by atoms with E-state index in [1.54, 1.807) is 10.9 Å². The highest BCUT2D eigenvalue weighted by atomic mass is 16.1. The minimum absolute atomic E-state index is 0.000695. The molecule has 0 bridgehead atoms. The van der Waals surface area contributed by atoms with Crippen LogP contribution in [0.4, 0.5) is 0 Å². The normalized spacial score (nSPS) is 10.4. The molecule has 0 aliphatic rings. The topological polar surface area (TPSA) is 64.0 Å². The smallest absolute Gasteiger partial charge is 0.221 e. The summed E-state index contributed by atoms with van der Waals surface area (Å²) in [6, 6.07) is 0. The molecule has 1 heterocycles. The number of nitrogens with one attached hydrogen (secondary N) is 1. The highest BCUT2D eigenvalue weighted by Crippen LogP contribution is 1.98. The number of carbonyl (C=O) groups is 2. The summed E-state index contributed by atoms with van der Waals surface area (Å²) in [6.07, 6.45) is 4.14. The monoisotopic (exact) mass is 223 g/mol. The van der Waals surface area contributed by atoms with Gasteiger partial charge >= 0.3 is 0 Å². The number of imidazole rings is 1. The highest BCUT2D eigenvalue weighted by molar-refractivity contribution is 5.76. The molecule has 0 aromatic carbocycles. The van der Waals surface area contributed by atoms with E-state index < -0.39 is 0 Å². The SMILES string of the molecule is CC(C)CNC(=O)CCn1cncc1C=O. The average molecular weight is 223 g/mol. The van der Waals surface area contributed by atoms with Crippen molar-refractivity contribution in [1.82, 2.24) is 14.9 Å². The van der Waals surface area contributed by atoms with Crippen molar-refractivity contribution in [3.8, 4) is 0 Å². The predicted molar refractivity (Wildman–Crippen MR) is 60.1 cm³/mol. The number of aromatic nitrogens is 2. The van der Waals surface area contributed by atoms with Gasteiger partial charge in [0.25, 0.3) is 0 Å². The molecular formula is C11H17N3O2. The largest absolute Gasteiger partial charge is 0.356 e. The van der Waals surface area contributed by atoms with Crippen LogP contribution in [0.3, 0.4) is 0 Å². The zero-order valence-electron chi connectivity index (χ0n) is 9.64. The summed E-state index contributed by atoms with van der Waals surface area (Å²) in [4.78, 5) is 25.8. The van der Waals surface area contributed by atoms with Gasteiger partial charge in [-0.2, -0.15) is 0 Å². The lowest BCUT2D eigenvalue weighted by molar-refractivity contribution is -0.121. The van der Waals surface area contributed by atoms with Gasteiger partial charge in [-0.3, -0.25) is 9.59 Å². The first kappa shape index (κ1) is 12.4. The molecule has 0 atom stereocenters. The molecule has 5 heteroatoms. The first-order valence-corrected chi connectivity index (χ1v) is 5.35. The van der Waals surface area contributed by atoms with Crippen molar-refractivity contribution in [2.75, 3.05) is 6.54 Å². The number of aldehydes is 1. The molecule has 5 nitrogen and oxygen atoms in total. The van der Waals surface area contributed by atoms with E-state index in [0.717, 1.165) is 6.29 Å². The van der Waals surface area contributed by atoms with Gasteiger partial charge in [0.1, 0.15) is 5.69 Å². The minimum Gasteiger partial charge on any atom is -0.356 e. The second-order valence-corrected chi connectivity index (χ2v) is 4.08. The number of carbonyl (C=O) groups excluding carboxylic acids is 2. The zero-order chi connectivity index (χ0) is 12.0. The number of hydrogen-bond acceptors (Lipinski definition) is 3. The molecular weight excluding hydrogens is 206 g/mol. The molecule has 1 N–H and O–H groups in total. The standard InChI is InChI=1S/C11H17N3O2/c1-9(2)5-13-11(16)3-4-14-8-12-6-10(14)7-15/h6-9H,3-5H2,1-2H3,(H,13,16). The predicted octanol–water partition coefficient (Wildman–Crippen LogP) is 0.858. The highest BCUT2D eigenvalue weighted by Gasteiger charge is 2.05. The molecule has 1 aromatic heterocycles. The minimum atomic E-state index is -0.000695. The third-order valence-electron chi connectivity index (χ3n) is 2.15. The van der Waals surface area contributed by atoms with E-state index in [9.17, 15) is 9.59 Å². The average Bonchev–Trinajstić information content (AvgIpc) is 2.70. The fraction of sp³-hybridized carbons (Fsp3) is 0.545. The van der Waals surface area contributed by atoms with Crippen LogP contribution in [0.1, 0.15) is 30.8 Å². The fourth-order valence-electron chi connectivity index (χ4n) is 1.24. The van der Waals surface area contributed by atoms with E-state index in [4.69, 9.17) is 0 Å². The Morgan fingerprint density at radius 3 is 3.00 bits per heavy atom. The maximum absolute atomic E-state index is 11.4. The van der Waals surface area contributed by atoms with Crippen LogP contribution in [-0.2, 0) is 11.3 Å². The van der Waals surface area contributed by atoms with Gasteiger partial charge in [0.15, 0.2) is 6.29 Å². The van der Waals surface area contributed by atoms with Crippen LogP contribution >= 0.6 is 0 Å². The lowest BCUT2D eigenvalue weighted by Gasteiger charge is -2.08. The molecule has 1 rings (SSSR count). The lowest BCUT2D eigenvalue weighted by atomic mass is 10.2. The van der Waals surface area contributed by atoms with Crippen molar-refractivity contribution in [1.29, 1.82) is 0 Å². The molecule has 0 aliphatic carbocycles. The van der Waals surface area contributed by atoms with Gasteiger partial charge in [0.2, 0.25) is 5.91 Å². The Morgan fingerprint density at radius 2 is 2.38 bits per heavy atom. The molecule has 0 aliphatic heterocycles. The first-order valence-electron chi connectivity index (χ1n) is 5.35. The Balaban J connectivity index is 2.34. The Bertz CT molecular complexity index is 358. The van der Waals surface area contributed by atoms with Crippen LogP contribution < -0.4 is 5.32 Å². The summed E-state index contributed by atoms with van der Waals surface area (Å²) >= 11 is 0. The van der Waals surface area contributed by atoms with E-state index in [-0.39, 0.29) is 5.91 Å². The zero-order valence-corrected chi connectivity index (χ0v) is 9.64. The number of hydrogen-bond donors (Lipinski definition) is 1. The Hall–Kier alpha value is -1.65. The Kier molecular flexibility index (Phi) is 4.69. The molecule has 88 valence electrons. The van der Waals surface area contributed by atoms with Gasteiger partial charge in [-0.15, -0.1) is 0 Å². The molecule has 0 unspecified atom stereocenters. The first-order chi connectivity index (χ1) is 7.63. The van der Waals surface area contributed by atoms with Crippen LogP contribution in [0, 0.1) is 5.92 Å². The summed E-state index contributed by atoms with van der Waals surface area (Å²) in [5.41, 5.74) is 0.497. The van der Waals surface area contributed by atoms with Crippen molar-refractivity contribution >= 4 is 12.2 Å². The number of aryl methyl sites for hydroxylation is 1. The third-order valence-corrected chi connectivity index (χ3v) is 2.15. The Morgan fingerprint density at radius 1 is 1.62 bits per heavy atom. The maximum atomic E-state index is 11.4. The van der Waals surface area contributed by atoms with E-state index >= 15 is 0 Å². The molecule has 0 saturated heterocycles. The van der Waals surface area contributed by atoms with E-state index in [1.807, 2.05) is 13.8 Å². The van der Waals surface area contributed by atoms with Gasteiger partial charge in [0.05, 0.1) is 12.5 Å². The van der Waals surface area contributed by atoms with Crippen LogP contribution in [-0.4, -0.2) is 28.3 Å². The van der Waals surface area contributed by atoms with E-state index in [2.05, 4.69) is 10.3 Å². The van der Waals surface area contributed by atoms with E-state index in [0.29, 0.717) is 31.1 Å². The maximum Gasteiger partial charge on any atom is 0.221 e. The van der Waals surface area contributed by atoms with Gasteiger partial charge < -0.3 is 9.88 Å². The Labute approximate surface area is 94.9 Å². The lowest BCUT2D eigenvalue weighted by Crippen LogP contribution is -2.28. The quantitative estimate of drug-likeness (QED) is 0.727. The van der Waals surface area contributed by atoms with Crippen molar-refractivity contribution in [2.24, 2.45) is 5.92 Å². The molecule has 0 radical (unpaired) electrons. The molecule has 0 spiro atoms. The molecule has 1 amide bonds. The third kappa shape index (κ3) is 3.84. The summed E-state index contributed by atoms with van der Waals surface area (Å²) < 4.78 is 1.67. The molecule has 0 fully saturated rings. The number of amides is 1. The summed E-state index contributed by atoms with van der Waals surface area (Å²) in [5.74, 6) is 0.446. The number of rotatable bonds is 6. The van der Waals surface area contributed by atoms with Crippen molar-refractivity contribution in [3.05, 3.63) is 18.2 Å². The van der Waals surface area contributed by atoms with Crippen LogP contribution in [0.2, 0.25) is 0 Å². The van der Waals surface area contributed by atoms with Crippen molar-refractivity contribution < 1.29 is 9.59 Å².